The third-order valence-corrected chi connectivity index (χ3v) is 5.68. The lowest BCUT2D eigenvalue weighted by Gasteiger charge is -2.12. The SMILES string of the molecule is COc1ccc(/C=C/c2nc3ccc(I)cc3c(=O)n2-c2ccc(Br)cc2)cc1. The minimum Gasteiger partial charge on any atom is -0.497 e. The van der Waals surface area contributed by atoms with Gasteiger partial charge in [-0.1, -0.05) is 34.1 Å². The highest BCUT2D eigenvalue weighted by Crippen LogP contribution is 2.20. The van der Waals surface area contributed by atoms with Gasteiger partial charge >= 0.3 is 0 Å². The molecule has 1 heterocycles. The highest BCUT2D eigenvalue weighted by atomic mass is 127. The molecule has 0 fully saturated rings. The lowest BCUT2D eigenvalue weighted by atomic mass is 10.2. The maximum atomic E-state index is 13.3. The molecule has 4 aromatic rings. The molecular weight excluding hydrogens is 543 g/mol. The van der Waals surface area contributed by atoms with E-state index < -0.39 is 0 Å². The van der Waals surface area contributed by atoms with Gasteiger partial charge in [0.15, 0.2) is 0 Å². The fraction of sp³-hybridized carbons (Fsp3) is 0.0435. The first-order chi connectivity index (χ1) is 14.0. The highest BCUT2D eigenvalue weighted by molar-refractivity contribution is 14.1. The molecule has 0 spiro atoms. The fourth-order valence-electron chi connectivity index (χ4n) is 3.01. The molecule has 0 aliphatic rings. The summed E-state index contributed by atoms with van der Waals surface area (Å²) in [7, 11) is 1.64. The smallest absolute Gasteiger partial charge is 0.266 e. The molecule has 0 amide bonds. The Bertz CT molecular complexity index is 1260. The van der Waals surface area contributed by atoms with Crippen LogP contribution in [0.25, 0.3) is 28.7 Å². The van der Waals surface area contributed by atoms with Crippen molar-refractivity contribution >= 4 is 61.6 Å². The predicted molar refractivity (Wildman–Crippen MR) is 130 cm³/mol. The van der Waals surface area contributed by atoms with E-state index in [4.69, 9.17) is 9.72 Å². The van der Waals surface area contributed by atoms with Crippen molar-refractivity contribution in [3.63, 3.8) is 0 Å². The van der Waals surface area contributed by atoms with Crippen molar-refractivity contribution in [1.29, 1.82) is 0 Å². The molecule has 1 aromatic heterocycles. The lowest BCUT2D eigenvalue weighted by Crippen LogP contribution is -2.22. The molecule has 0 bridgehead atoms. The molecule has 0 N–H and O–H groups in total. The van der Waals surface area contributed by atoms with Gasteiger partial charge in [-0.25, -0.2) is 4.98 Å². The van der Waals surface area contributed by atoms with Gasteiger partial charge in [0, 0.05) is 8.04 Å². The van der Waals surface area contributed by atoms with Crippen LogP contribution in [0.3, 0.4) is 0 Å². The van der Waals surface area contributed by atoms with Crippen LogP contribution in [0.15, 0.2) is 76.0 Å². The number of rotatable bonds is 4. The standard InChI is InChI=1S/C23H16BrIN2O2/c1-29-19-10-2-15(3-11-19)4-13-22-26-21-12-7-17(25)14-20(21)23(28)27(22)18-8-5-16(24)6-9-18/h2-14H,1H3/b13-4+. The van der Waals surface area contributed by atoms with Crippen molar-refractivity contribution in [3.05, 3.63) is 96.5 Å². The normalized spacial score (nSPS) is 11.3. The second-order valence-corrected chi connectivity index (χ2v) is 8.52. The minimum atomic E-state index is -0.0924. The van der Waals surface area contributed by atoms with E-state index in [1.54, 1.807) is 11.7 Å². The monoisotopic (exact) mass is 558 g/mol. The molecule has 0 unspecified atom stereocenters. The Kier molecular flexibility index (Phi) is 5.82. The van der Waals surface area contributed by atoms with E-state index in [9.17, 15) is 4.79 Å². The molecule has 0 saturated heterocycles. The van der Waals surface area contributed by atoms with Gasteiger partial charge in [-0.2, -0.15) is 0 Å². The van der Waals surface area contributed by atoms with Crippen molar-refractivity contribution in [1.82, 2.24) is 9.55 Å². The van der Waals surface area contributed by atoms with Crippen LogP contribution >= 0.6 is 38.5 Å². The van der Waals surface area contributed by atoms with Crippen molar-refractivity contribution < 1.29 is 4.74 Å². The molecule has 3 aromatic carbocycles. The number of halogens is 2. The maximum Gasteiger partial charge on any atom is 0.266 e. The van der Waals surface area contributed by atoms with E-state index in [-0.39, 0.29) is 5.56 Å². The first kappa shape index (κ1) is 19.8. The van der Waals surface area contributed by atoms with Gasteiger partial charge in [0.05, 0.1) is 23.7 Å². The van der Waals surface area contributed by atoms with Crippen molar-refractivity contribution in [2.45, 2.75) is 0 Å². The number of fused-ring (bicyclic) bond motifs is 1. The van der Waals surface area contributed by atoms with Crippen LogP contribution in [0.4, 0.5) is 0 Å². The summed E-state index contributed by atoms with van der Waals surface area (Å²) in [4.78, 5) is 18.1. The number of benzene rings is 3. The summed E-state index contributed by atoms with van der Waals surface area (Å²) in [5.41, 5.74) is 2.34. The van der Waals surface area contributed by atoms with E-state index in [0.29, 0.717) is 16.7 Å². The van der Waals surface area contributed by atoms with Crippen molar-refractivity contribution in [2.24, 2.45) is 0 Å². The molecule has 0 radical (unpaired) electrons. The van der Waals surface area contributed by atoms with E-state index in [1.165, 1.54) is 0 Å². The van der Waals surface area contributed by atoms with Crippen molar-refractivity contribution in [2.75, 3.05) is 7.11 Å². The largest absolute Gasteiger partial charge is 0.497 e. The summed E-state index contributed by atoms with van der Waals surface area (Å²) in [6.45, 7) is 0. The van der Waals surface area contributed by atoms with Gasteiger partial charge in [0.25, 0.3) is 5.56 Å². The Morgan fingerprint density at radius 3 is 2.41 bits per heavy atom. The number of methoxy groups -OCH3 is 1. The topological polar surface area (TPSA) is 44.1 Å². The number of hydrogen-bond acceptors (Lipinski definition) is 3. The van der Waals surface area contributed by atoms with Crippen molar-refractivity contribution in [3.8, 4) is 11.4 Å². The number of hydrogen-bond donors (Lipinski definition) is 0. The molecular formula is C23H16BrIN2O2. The third kappa shape index (κ3) is 4.28. The summed E-state index contributed by atoms with van der Waals surface area (Å²) >= 11 is 5.66. The minimum absolute atomic E-state index is 0.0924. The molecule has 0 saturated carbocycles. The average Bonchev–Trinajstić information content (AvgIpc) is 2.74. The Balaban J connectivity index is 1.89. The average molecular weight is 559 g/mol. The Hall–Kier alpha value is -2.45. The van der Waals surface area contributed by atoms with Gasteiger partial charge in [0.2, 0.25) is 0 Å². The molecule has 0 aliphatic heterocycles. The fourth-order valence-corrected chi connectivity index (χ4v) is 3.77. The summed E-state index contributed by atoms with van der Waals surface area (Å²) in [6.07, 6.45) is 3.80. The second kappa shape index (κ2) is 8.51. The maximum absolute atomic E-state index is 13.3. The molecule has 144 valence electrons. The van der Waals surface area contributed by atoms with Gasteiger partial charge in [0.1, 0.15) is 11.6 Å². The van der Waals surface area contributed by atoms with E-state index in [2.05, 4.69) is 38.5 Å². The molecule has 0 atom stereocenters. The van der Waals surface area contributed by atoms with Crippen LogP contribution in [0.5, 0.6) is 5.75 Å². The molecule has 29 heavy (non-hydrogen) atoms. The molecule has 4 nitrogen and oxygen atoms in total. The van der Waals surface area contributed by atoms with E-state index in [0.717, 1.165) is 25.0 Å². The quantitative estimate of drug-likeness (QED) is 0.292. The number of aromatic nitrogens is 2. The van der Waals surface area contributed by atoms with Crippen LogP contribution in [-0.2, 0) is 0 Å². The van der Waals surface area contributed by atoms with Gasteiger partial charge < -0.3 is 4.74 Å². The van der Waals surface area contributed by atoms with Gasteiger partial charge in [-0.05, 0) is 88.8 Å². The first-order valence-electron chi connectivity index (χ1n) is 8.85. The zero-order chi connectivity index (χ0) is 20.4. The van der Waals surface area contributed by atoms with Crippen LogP contribution in [0.2, 0.25) is 0 Å². The third-order valence-electron chi connectivity index (χ3n) is 4.48. The molecule has 0 aliphatic carbocycles. The summed E-state index contributed by atoms with van der Waals surface area (Å²) < 4.78 is 8.80. The molecule has 6 heteroatoms. The zero-order valence-electron chi connectivity index (χ0n) is 15.5. The summed E-state index contributed by atoms with van der Waals surface area (Å²) in [5.74, 6) is 1.37. The Labute approximate surface area is 190 Å². The summed E-state index contributed by atoms with van der Waals surface area (Å²) in [6, 6.07) is 21.1. The summed E-state index contributed by atoms with van der Waals surface area (Å²) in [5, 5.41) is 0.599. The zero-order valence-corrected chi connectivity index (χ0v) is 19.2. The van der Waals surface area contributed by atoms with Crippen LogP contribution in [0.1, 0.15) is 11.4 Å². The predicted octanol–water partition coefficient (Wildman–Crippen LogP) is 5.93. The van der Waals surface area contributed by atoms with Gasteiger partial charge in [-0.15, -0.1) is 0 Å². The van der Waals surface area contributed by atoms with E-state index in [1.807, 2.05) is 78.9 Å². The number of ether oxygens (including phenoxy) is 1. The van der Waals surface area contributed by atoms with Crippen LogP contribution in [-0.4, -0.2) is 16.7 Å². The van der Waals surface area contributed by atoms with Gasteiger partial charge in [-0.3, -0.25) is 9.36 Å². The number of nitrogens with zero attached hydrogens (tertiary/aromatic N) is 2. The Morgan fingerprint density at radius 1 is 1.00 bits per heavy atom. The highest BCUT2D eigenvalue weighted by Gasteiger charge is 2.11. The first-order valence-corrected chi connectivity index (χ1v) is 10.7. The second-order valence-electron chi connectivity index (χ2n) is 6.35. The van der Waals surface area contributed by atoms with Crippen LogP contribution < -0.4 is 10.3 Å². The Morgan fingerprint density at radius 2 is 1.72 bits per heavy atom. The van der Waals surface area contributed by atoms with E-state index >= 15 is 0 Å². The van der Waals surface area contributed by atoms with Crippen LogP contribution in [0, 0.1) is 3.57 Å². The molecule has 4 rings (SSSR count). The lowest BCUT2D eigenvalue weighted by molar-refractivity contribution is 0.415.